The molecule has 13 heteroatoms. The summed E-state index contributed by atoms with van der Waals surface area (Å²) in [5.41, 5.74) is 3.45. The van der Waals surface area contributed by atoms with E-state index in [2.05, 4.69) is 15.8 Å². The summed E-state index contributed by atoms with van der Waals surface area (Å²) in [4.78, 5) is 59.8. The molecule has 6 N–H and O–H groups in total. The van der Waals surface area contributed by atoms with Gasteiger partial charge in [0.2, 0.25) is 29.1 Å². The number of aromatic nitrogens is 1. The fourth-order valence-electron chi connectivity index (χ4n) is 2.59. The number of thioether (sulfide) groups is 1. The van der Waals surface area contributed by atoms with E-state index >= 15 is 0 Å². The van der Waals surface area contributed by atoms with E-state index in [1.54, 1.807) is 0 Å². The van der Waals surface area contributed by atoms with Crippen molar-refractivity contribution in [1.29, 1.82) is 0 Å². The van der Waals surface area contributed by atoms with Gasteiger partial charge in [0.15, 0.2) is 5.69 Å². The number of primary amides is 1. The van der Waals surface area contributed by atoms with Gasteiger partial charge in [-0.1, -0.05) is 19.0 Å². The van der Waals surface area contributed by atoms with E-state index in [0.717, 1.165) is 17.8 Å². The highest BCUT2D eigenvalue weighted by atomic mass is 32.2. The molecule has 174 valence electrons. The predicted molar refractivity (Wildman–Crippen MR) is 112 cm³/mol. The SMILES string of the molecule is CC(C)(CO)[C@@H](O)C(=O)NCCNC(=O)CCSC1=CC(=O)c2onc(C(N)=O)c2C1=O. The molecule has 0 aliphatic heterocycles. The number of carbonyl (C=O) groups excluding carboxylic acids is 5. The molecule has 0 saturated heterocycles. The lowest BCUT2D eigenvalue weighted by Crippen LogP contribution is -2.47. The molecule has 1 aromatic heterocycles. The van der Waals surface area contributed by atoms with Gasteiger partial charge >= 0.3 is 0 Å². The number of Topliss-reactive ketones (excluding diaryl/α,β-unsaturated/α-hetero) is 1. The van der Waals surface area contributed by atoms with Crippen molar-refractivity contribution in [2.24, 2.45) is 11.1 Å². The average molecular weight is 468 g/mol. The number of carbonyl (C=O) groups is 5. The van der Waals surface area contributed by atoms with Crippen LogP contribution in [0.2, 0.25) is 0 Å². The molecular formula is C19H24N4O8S. The molecule has 0 aromatic carbocycles. The number of aliphatic hydroxyl groups is 2. The number of nitrogens with one attached hydrogen (secondary N) is 2. The first-order valence-electron chi connectivity index (χ1n) is 9.56. The third-order valence-corrected chi connectivity index (χ3v) is 5.61. The van der Waals surface area contributed by atoms with Gasteiger partial charge < -0.3 is 31.1 Å². The van der Waals surface area contributed by atoms with Crippen LogP contribution in [0.4, 0.5) is 0 Å². The van der Waals surface area contributed by atoms with Gasteiger partial charge in [0.25, 0.3) is 5.91 Å². The molecule has 1 aliphatic carbocycles. The van der Waals surface area contributed by atoms with Gasteiger partial charge in [-0.15, -0.1) is 11.8 Å². The van der Waals surface area contributed by atoms with Gasteiger partial charge in [0.05, 0.1) is 11.5 Å². The zero-order valence-electron chi connectivity index (χ0n) is 17.5. The summed E-state index contributed by atoms with van der Waals surface area (Å²) in [6.45, 7) is 2.88. The monoisotopic (exact) mass is 468 g/mol. The van der Waals surface area contributed by atoms with Crippen LogP contribution in [0.5, 0.6) is 0 Å². The van der Waals surface area contributed by atoms with Crippen molar-refractivity contribution >= 4 is 41.0 Å². The van der Waals surface area contributed by atoms with Crippen molar-refractivity contribution in [3.63, 3.8) is 0 Å². The predicted octanol–water partition coefficient (Wildman–Crippen LogP) is -1.23. The normalized spacial score (nSPS) is 14.4. The minimum absolute atomic E-state index is 0.0107. The molecule has 2 rings (SSSR count). The molecule has 32 heavy (non-hydrogen) atoms. The van der Waals surface area contributed by atoms with E-state index in [9.17, 15) is 29.1 Å². The first-order valence-corrected chi connectivity index (χ1v) is 10.5. The topological polar surface area (TPSA) is 202 Å². The van der Waals surface area contributed by atoms with E-state index in [0.29, 0.717) is 0 Å². The van der Waals surface area contributed by atoms with Crippen molar-refractivity contribution in [3.8, 4) is 0 Å². The van der Waals surface area contributed by atoms with Gasteiger partial charge in [-0.3, -0.25) is 24.0 Å². The van der Waals surface area contributed by atoms with Crippen LogP contribution in [0, 0.1) is 5.41 Å². The van der Waals surface area contributed by atoms with Crippen LogP contribution < -0.4 is 16.4 Å². The van der Waals surface area contributed by atoms with Crippen molar-refractivity contribution in [2.75, 3.05) is 25.4 Å². The Hall–Kier alpha value is -3.03. The fourth-order valence-corrected chi connectivity index (χ4v) is 3.52. The third kappa shape index (κ3) is 5.81. The minimum Gasteiger partial charge on any atom is -0.396 e. The number of aliphatic hydroxyl groups excluding tert-OH is 2. The lowest BCUT2D eigenvalue weighted by molar-refractivity contribution is -0.137. The summed E-state index contributed by atoms with van der Waals surface area (Å²) in [5, 5.41) is 27.4. The van der Waals surface area contributed by atoms with Gasteiger partial charge in [0.1, 0.15) is 11.7 Å². The van der Waals surface area contributed by atoms with Crippen LogP contribution in [0.1, 0.15) is 51.7 Å². The van der Waals surface area contributed by atoms with Crippen molar-refractivity contribution in [2.45, 2.75) is 26.4 Å². The zero-order chi connectivity index (χ0) is 24.1. The standard InChI is InChI=1S/C19H24N4O8S/c1-19(2,8-24)16(28)18(30)22-5-4-21-11(26)3-6-32-10-7-9(25)15-12(14(10)27)13(17(20)29)23-31-15/h7,16,24,28H,3-6,8H2,1-2H3,(H2,20,29)(H,21,26)(H,22,30)/t16-/m0/s1. The number of ketones is 2. The molecule has 1 aliphatic rings. The van der Waals surface area contributed by atoms with E-state index in [1.165, 1.54) is 13.8 Å². The van der Waals surface area contributed by atoms with E-state index in [4.69, 9.17) is 15.4 Å². The van der Waals surface area contributed by atoms with Crippen LogP contribution in [-0.2, 0) is 9.59 Å². The molecule has 3 amide bonds. The van der Waals surface area contributed by atoms with Crippen LogP contribution in [0.25, 0.3) is 0 Å². The van der Waals surface area contributed by atoms with Gasteiger partial charge in [-0.2, -0.15) is 0 Å². The van der Waals surface area contributed by atoms with Gasteiger partial charge in [-0.05, 0) is 0 Å². The van der Waals surface area contributed by atoms with Gasteiger partial charge in [0, 0.05) is 36.8 Å². The van der Waals surface area contributed by atoms with Crippen LogP contribution in [0.3, 0.4) is 0 Å². The molecule has 12 nitrogen and oxygen atoms in total. The van der Waals surface area contributed by atoms with Gasteiger partial charge in [-0.25, -0.2) is 0 Å². The van der Waals surface area contributed by atoms with E-state index < -0.39 is 40.6 Å². The smallest absolute Gasteiger partial charge is 0.271 e. The Morgan fingerprint density at radius 2 is 1.91 bits per heavy atom. The Balaban J connectivity index is 1.76. The molecule has 0 spiro atoms. The van der Waals surface area contributed by atoms with Crippen molar-refractivity contribution in [3.05, 3.63) is 28.0 Å². The summed E-state index contributed by atoms with van der Waals surface area (Å²) in [5.74, 6) is -3.46. The molecular weight excluding hydrogens is 444 g/mol. The summed E-state index contributed by atoms with van der Waals surface area (Å²) < 4.78 is 4.74. The lowest BCUT2D eigenvalue weighted by atomic mass is 9.87. The number of nitrogens with two attached hydrogens (primary N) is 1. The molecule has 1 aromatic rings. The number of fused-ring (bicyclic) bond motifs is 1. The zero-order valence-corrected chi connectivity index (χ0v) is 18.3. The third-order valence-electron chi connectivity index (χ3n) is 4.59. The second kappa shape index (κ2) is 10.5. The van der Waals surface area contributed by atoms with Crippen LogP contribution >= 0.6 is 11.8 Å². The molecule has 1 atom stereocenters. The first kappa shape index (κ1) is 25.2. The maximum atomic E-state index is 12.5. The Bertz CT molecular complexity index is 969. The Morgan fingerprint density at radius 3 is 2.53 bits per heavy atom. The second-order valence-electron chi connectivity index (χ2n) is 7.59. The summed E-state index contributed by atoms with van der Waals surface area (Å²) >= 11 is 0.960. The molecule has 0 fully saturated rings. The number of nitrogens with zero attached hydrogens (tertiary/aromatic N) is 1. The number of amides is 3. The molecule has 0 unspecified atom stereocenters. The van der Waals surface area contributed by atoms with Crippen LogP contribution in [-0.4, -0.2) is 76.2 Å². The molecule has 0 radical (unpaired) electrons. The number of allylic oxidation sites excluding steroid dienone is 2. The minimum atomic E-state index is -1.40. The number of hydrogen-bond acceptors (Lipinski definition) is 10. The van der Waals surface area contributed by atoms with Crippen molar-refractivity contribution < 1.29 is 38.7 Å². The molecule has 1 heterocycles. The number of hydrogen-bond donors (Lipinski definition) is 5. The summed E-state index contributed by atoms with van der Waals surface area (Å²) in [6.07, 6.45) is -0.334. The Labute approximate surface area is 186 Å². The highest BCUT2D eigenvalue weighted by Crippen LogP contribution is 2.30. The first-order chi connectivity index (χ1) is 15.0. The average Bonchev–Trinajstić information content (AvgIpc) is 3.20. The lowest BCUT2D eigenvalue weighted by Gasteiger charge is -2.27. The highest BCUT2D eigenvalue weighted by molar-refractivity contribution is 8.04. The molecule has 0 saturated carbocycles. The van der Waals surface area contributed by atoms with E-state index in [-0.39, 0.29) is 54.0 Å². The Morgan fingerprint density at radius 1 is 1.25 bits per heavy atom. The summed E-state index contributed by atoms with van der Waals surface area (Å²) in [6, 6.07) is 0. The van der Waals surface area contributed by atoms with Crippen molar-refractivity contribution in [1.82, 2.24) is 15.8 Å². The van der Waals surface area contributed by atoms with E-state index in [1.807, 2.05) is 0 Å². The largest absolute Gasteiger partial charge is 0.396 e. The van der Waals surface area contributed by atoms with Crippen LogP contribution in [0.15, 0.2) is 15.5 Å². The molecule has 0 bridgehead atoms. The quantitative estimate of drug-likeness (QED) is 0.245. The Kier molecular flexibility index (Phi) is 8.30. The fraction of sp³-hybridized carbons (Fsp3) is 0.474. The number of rotatable bonds is 11. The second-order valence-corrected chi connectivity index (χ2v) is 8.73. The summed E-state index contributed by atoms with van der Waals surface area (Å²) in [7, 11) is 0. The maximum absolute atomic E-state index is 12.5. The maximum Gasteiger partial charge on any atom is 0.271 e. The highest BCUT2D eigenvalue weighted by Gasteiger charge is 2.35.